The van der Waals surface area contributed by atoms with Gasteiger partial charge >= 0.3 is 6.03 Å². The summed E-state index contributed by atoms with van der Waals surface area (Å²) in [5.41, 5.74) is 0. The molecule has 0 atom stereocenters. The van der Waals surface area contributed by atoms with Crippen LogP contribution in [-0.2, 0) is 9.59 Å². The summed E-state index contributed by atoms with van der Waals surface area (Å²) in [6.45, 7) is 2.19. The van der Waals surface area contributed by atoms with E-state index >= 15 is 0 Å². The summed E-state index contributed by atoms with van der Waals surface area (Å²) in [5.74, 6) is -0.0978. The van der Waals surface area contributed by atoms with Crippen LogP contribution in [0.4, 0.5) is 4.79 Å². The Morgan fingerprint density at radius 2 is 1.71 bits per heavy atom. The second kappa shape index (κ2) is 7.85. The van der Waals surface area contributed by atoms with Crippen molar-refractivity contribution in [2.75, 3.05) is 32.7 Å². The first-order valence-corrected chi connectivity index (χ1v) is 7.70. The normalized spacial score (nSPS) is 20.0. The maximum Gasteiger partial charge on any atom is 0.315 e. The first kappa shape index (κ1) is 15.6. The third kappa shape index (κ3) is 4.91. The molecule has 0 unspecified atom stereocenters. The quantitative estimate of drug-likeness (QED) is 0.712. The molecule has 0 aromatic heterocycles. The second-order valence-corrected chi connectivity index (χ2v) is 5.68. The summed E-state index contributed by atoms with van der Waals surface area (Å²) < 4.78 is 0. The lowest BCUT2D eigenvalue weighted by Crippen LogP contribution is -2.52. The van der Waals surface area contributed by atoms with E-state index in [0.29, 0.717) is 26.2 Å². The summed E-state index contributed by atoms with van der Waals surface area (Å²) in [6, 6.07) is -0.0215. The van der Waals surface area contributed by atoms with Gasteiger partial charge in [0.05, 0.1) is 6.54 Å². The second-order valence-electron chi connectivity index (χ2n) is 5.68. The van der Waals surface area contributed by atoms with E-state index in [9.17, 15) is 14.4 Å². The van der Waals surface area contributed by atoms with E-state index in [2.05, 4.69) is 10.6 Å². The summed E-state index contributed by atoms with van der Waals surface area (Å²) in [6.07, 6.45) is 6.41. The zero-order valence-corrected chi connectivity index (χ0v) is 12.3. The molecular weight excluding hydrogens is 272 g/mol. The van der Waals surface area contributed by atoms with Crippen LogP contribution < -0.4 is 10.6 Å². The number of nitrogens with one attached hydrogen (secondary N) is 2. The number of piperazine rings is 1. The van der Waals surface area contributed by atoms with Crippen LogP contribution in [0.25, 0.3) is 0 Å². The topological polar surface area (TPSA) is 81.8 Å². The lowest BCUT2D eigenvalue weighted by Gasteiger charge is -2.32. The Kier molecular flexibility index (Phi) is 5.83. The van der Waals surface area contributed by atoms with Gasteiger partial charge in [0.2, 0.25) is 12.3 Å². The Hall–Kier alpha value is -1.79. The fourth-order valence-corrected chi connectivity index (χ4v) is 2.83. The van der Waals surface area contributed by atoms with E-state index in [1.165, 1.54) is 6.42 Å². The number of carbonyl (C=O) groups excluding carboxylic acids is 3. The van der Waals surface area contributed by atoms with Crippen molar-refractivity contribution < 1.29 is 14.4 Å². The van der Waals surface area contributed by atoms with Gasteiger partial charge in [-0.1, -0.05) is 19.3 Å². The molecule has 1 heterocycles. The van der Waals surface area contributed by atoms with Crippen molar-refractivity contribution in [1.29, 1.82) is 0 Å². The van der Waals surface area contributed by atoms with Crippen molar-refractivity contribution in [2.45, 2.75) is 38.1 Å². The van der Waals surface area contributed by atoms with Crippen molar-refractivity contribution in [3.63, 3.8) is 0 Å². The molecule has 2 fully saturated rings. The van der Waals surface area contributed by atoms with Gasteiger partial charge in [-0.3, -0.25) is 9.59 Å². The molecule has 7 heteroatoms. The summed E-state index contributed by atoms with van der Waals surface area (Å²) in [5, 5.41) is 5.55. The van der Waals surface area contributed by atoms with Gasteiger partial charge in [0.25, 0.3) is 0 Å². The smallest absolute Gasteiger partial charge is 0.315 e. The van der Waals surface area contributed by atoms with Crippen molar-refractivity contribution in [2.24, 2.45) is 0 Å². The molecule has 1 saturated carbocycles. The highest BCUT2D eigenvalue weighted by molar-refractivity contribution is 5.84. The first-order valence-electron chi connectivity index (χ1n) is 7.70. The van der Waals surface area contributed by atoms with E-state index in [4.69, 9.17) is 0 Å². The van der Waals surface area contributed by atoms with E-state index in [0.717, 1.165) is 32.1 Å². The van der Waals surface area contributed by atoms with E-state index in [1.807, 2.05) is 0 Å². The summed E-state index contributed by atoms with van der Waals surface area (Å²) in [7, 11) is 0. The standard InChI is InChI=1S/C14H24N4O3/c19-11-17-6-8-18(9-7-17)13(20)10-15-14(21)16-12-4-2-1-3-5-12/h11-12H,1-10H2,(H2,15,16,21). The minimum Gasteiger partial charge on any atom is -0.342 e. The molecule has 0 bridgehead atoms. The van der Waals surface area contributed by atoms with Crippen LogP contribution in [0.3, 0.4) is 0 Å². The van der Waals surface area contributed by atoms with Crippen molar-refractivity contribution in [3.8, 4) is 0 Å². The van der Waals surface area contributed by atoms with Gasteiger partial charge in [0.1, 0.15) is 0 Å². The molecule has 4 amide bonds. The Bertz CT molecular complexity index is 374. The molecule has 118 valence electrons. The van der Waals surface area contributed by atoms with Crippen LogP contribution in [-0.4, -0.2) is 66.9 Å². The van der Waals surface area contributed by atoms with E-state index in [-0.39, 0.29) is 24.5 Å². The van der Waals surface area contributed by atoms with Crippen LogP contribution >= 0.6 is 0 Å². The van der Waals surface area contributed by atoms with E-state index < -0.39 is 0 Å². The number of nitrogens with zero attached hydrogens (tertiary/aromatic N) is 2. The molecule has 2 N–H and O–H groups in total. The summed E-state index contributed by atoms with van der Waals surface area (Å²) in [4.78, 5) is 37.6. The zero-order valence-electron chi connectivity index (χ0n) is 12.3. The molecule has 1 saturated heterocycles. The highest BCUT2D eigenvalue weighted by atomic mass is 16.2. The van der Waals surface area contributed by atoms with Crippen LogP contribution in [0.5, 0.6) is 0 Å². The number of hydrogen-bond donors (Lipinski definition) is 2. The molecule has 1 aliphatic carbocycles. The molecular formula is C14H24N4O3. The molecule has 2 aliphatic rings. The lowest BCUT2D eigenvalue weighted by molar-refractivity contribution is -0.134. The molecule has 1 aliphatic heterocycles. The van der Waals surface area contributed by atoms with Gasteiger partial charge < -0.3 is 20.4 Å². The van der Waals surface area contributed by atoms with Gasteiger partial charge in [0.15, 0.2) is 0 Å². The Morgan fingerprint density at radius 1 is 1.05 bits per heavy atom. The molecule has 0 aromatic carbocycles. The van der Waals surface area contributed by atoms with Gasteiger partial charge in [-0.2, -0.15) is 0 Å². The minimum atomic E-state index is -0.262. The molecule has 0 aromatic rings. The van der Waals surface area contributed by atoms with Crippen molar-refractivity contribution in [3.05, 3.63) is 0 Å². The molecule has 7 nitrogen and oxygen atoms in total. The maximum atomic E-state index is 12.0. The number of urea groups is 1. The molecule has 2 rings (SSSR count). The highest BCUT2D eigenvalue weighted by Crippen LogP contribution is 2.17. The summed E-state index contributed by atoms with van der Waals surface area (Å²) >= 11 is 0. The van der Waals surface area contributed by atoms with E-state index in [1.54, 1.807) is 9.80 Å². The van der Waals surface area contributed by atoms with Crippen molar-refractivity contribution in [1.82, 2.24) is 20.4 Å². The highest BCUT2D eigenvalue weighted by Gasteiger charge is 2.21. The zero-order chi connectivity index (χ0) is 15.1. The Morgan fingerprint density at radius 3 is 2.33 bits per heavy atom. The van der Waals surface area contributed by atoms with Gasteiger partial charge in [0, 0.05) is 32.2 Å². The number of carbonyl (C=O) groups is 3. The van der Waals surface area contributed by atoms with Gasteiger partial charge in [-0.15, -0.1) is 0 Å². The van der Waals surface area contributed by atoms with Crippen LogP contribution in [0.15, 0.2) is 0 Å². The number of amides is 4. The fraction of sp³-hybridized carbons (Fsp3) is 0.786. The average molecular weight is 296 g/mol. The predicted molar refractivity (Wildman–Crippen MR) is 77.6 cm³/mol. The fourth-order valence-electron chi connectivity index (χ4n) is 2.83. The number of rotatable bonds is 4. The first-order chi connectivity index (χ1) is 10.2. The van der Waals surface area contributed by atoms with Crippen LogP contribution in [0, 0.1) is 0 Å². The third-order valence-electron chi connectivity index (χ3n) is 4.16. The van der Waals surface area contributed by atoms with Crippen LogP contribution in [0.1, 0.15) is 32.1 Å². The van der Waals surface area contributed by atoms with Gasteiger partial charge in [-0.05, 0) is 12.8 Å². The monoisotopic (exact) mass is 296 g/mol. The maximum absolute atomic E-state index is 12.0. The number of hydrogen-bond acceptors (Lipinski definition) is 3. The predicted octanol–water partition coefficient (Wildman–Crippen LogP) is -0.0811. The Labute approximate surface area is 125 Å². The molecule has 21 heavy (non-hydrogen) atoms. The lowest BCUT2D eigenvalue weighted by atomic mass is 9.96. The van der Waals surface area contributed by atoms with Crippen LogP contribution in [0.2, 0.25) is 0 Å². The van der Waals surface area contributed by atoms with Crippen molar-refractivity contribution >= 4 is 18.3 Å². The largest absolute Gasteiger partial charge is 0.342 e. The SMILES string of the molecule is O=CN1CCN(C(=O)CNC(=O)NC2CCCCC2)CC1. The Balaban J connectivity index is 1.64. The minimum absolute atomic E-state index is 0.0135. The molecule has 0 spiro atoms. The average Bonchev–Trinajstić information content (AvgIpc) is 2.53. The molecule has 0 radical (unpaired) electrons. The van der Waals surface area contributed by atoms with Gasteiger partial charge in [-0.25, -0.2) is 4.79 Å². The third-order valence-corrected chi connectivity index (χ3v) is 4.16.